The van der Waals surface area contributed by atoms with Gasteiger partial charge in [0.05, 0.1) is 13.7 Å². The maximum Gasteiger partial charge on any atom is 0.182 e. The Balaban J connectivity index is 2.24. The van der Waals surface area contributed by atoms with E-state index in [2.05, 4.69) is 5.32 Å². The van der Waals surface area contributed by atoms with E-state index in [0.717, 1.165) is 11.4 Å². The summed E-state index contributed by atoms with van der Waals surface area (Å²) in [4.78, 5) is 24.2. The average molecular weight is 344 g/mol. The molecule has 0 unspecified atom stereocenters. The highest BCUT2D eigenvalue weighted by Crippen LogP contribution is 2.28. The second-order valence-corrected chi connectivity index (χ2v) is 5.80. The number of carbonyl (C=O) groups excluding carboxylic acids is 1. The first-order valence-corrected chi connectivity index (χ1v) is 8.13. The van der Waals surface area contributed by atoms with Crippen molar-refractivity contribution in [1.82, 2.24) is 9.88 Å². The molecule has 0 bridgehead atoms. The maximum atomic E-state index is 12.7. The molecule has 0 atom stereocenters. The van der Waals surface area contributed by atoms with Crippen LogP contribution in [0.25, 0.3) is 0 Å². The zero-order chi connectivity index (χ0) is 18.4. The first kappa shape index (κ1) is 18.7. The smallest absolute Gasteiger partial charge is 0.182 e. The van der Waals surface area contributed by atoms with Crippen LogP contribution in [-0.4, -0.2) is 37.7 Å². The second kappa shape index (κ2) is 8.48. The van der Waals surface area contributed by atoms with E-state index in [9.17, 15) is 9.59 Å². The van der Waals surface area contributed by atoms with Crippen molar-refractivity contribution in [3.05, 3.63) is 57.5 Å². The number of hydrogen-bond acceptors (Lipinski definition) is 5. The van der Waals surface area contributed by atoms with Gasteiger partial charge >= 0.3 is 0 Å². The normalized spacial score (nSPS) is 10.6. The molecule has 6 heteroatoms. The molecule has 0 spiro atoms. The summed E-state index contributed by atoms with van der Waals surface area (Å²) in [6.45, 7) is 4.98. The molecule has 2 rings (SSSR count). The number of ether oxygens (including phenoxy) is 2. The van der Waals surface area contributed by atoms with Crippen molar-refractivity contribution in [3.8, 4) is 11.5 Å². The highest BCUT2D eigenvalue weighted by atomic mass is 16.5. The number of ketones is 1. The van der Waals surface area contributed by atoms with Crippen LogP contribution in [0.4, 0.5) is 0 Å². The molecule has 0 aliphatic rings. The summed E-state index contributed by atoms with van der Waals surface area (Å²) in [6.07, 6.45) is 0. The van der Waals surface area contributed by atoms with Crippen molar-refractivity contribution in [1.29, 1.82) is 0 Å². The second-order valence-electron chi connectivity index (χ2n) is 5.80. The number of nitrogens with one attached hydrogen (secondary N) is 1. The van der Waals surface area contributed by atoms with Crippen molar-refractivity contribution in [2.45, 2.75) is 20.4 Å². The lowest BCUT2D eigenvalue weighted by molar-refractivity contribution is 0.0969. The Kier molecular flexibility index (Phi) is 6.36. The van der Waals surface area contributed by atoms with Crippen molar-refractivity contribution < 1.29 is 14.3 Å². The Bertz CT molecular complexity index is 785. The van der Waals surface area contributed by atoms with E-state index < -0.39 is 0 Å². The van der Waals surface area contributed by atoms with Gasteiger partial charge in [-0.2, -0.15) is 0 Å². The van der Waals surface area contributed by atoms with E-state index in [-0.39, 0.29) is 17.8 Å². The van der Waals surface area contributed by atoms with Crippen molar-refractivity contribution in [2.75, 3.05) is 27.3 Å². The third-order valence-corrected chi connectivity index (χ3v) is 3.95. The summed E-state index contributed by atoms with van der Waals surface area (Å²) >= 11 is 0. The summed E-state index contributed by atoms with van der Waals surface area (Å²) in [6, 6.07) is 8.21. The molecule has 0 saturated heterocycles. The van der Waals surface area contributed by atoms with Crippen LogP contribution < -0.4 is 20.2 Å². The summed E-state index contributed by atoms with van der Waals surface area (Å²) in [7, 11) is 3.41. The van der Waals surface area contributed by atoms with Gasteiger partial charge in [0.25, 0.3) is 0 Å². The lowest BCUT2D eigenvalue weighted by Crippen LogP contribution is -2.19. The number of benzene rings is 1. The number of rotatable bonds is 8. The number of pyridine rings is 1. The predicted octanol–water partition coefficient (Wildman–Crippen LogP) is 1.95. The molecule has 0 radical (unpaired) electrons. The molecule has 0 aliphatic carbocycles. The zero-order valence-corrected chi connectivity index (χ0v) is 15.1. The number of carbonyl (C=O) groups is 1. The zero-order valence-electron chi connectivity index (χ0n) is 15.1. The van der Waals surface area contributed by atoms with Gasteiger partial charge in [0, 0.05) is 35.6 Å². The van der Waals surface area contributed by atoms with E-state index in [1.165, 1.54) is 12.1 Å². The molecule has 0 fully saturated rings. The molecule has 0 amide bonds. The van der Waals surface area contributed by atoms with Crippen LogP contribution in [0.5, 0.6) is 11.5 Å². The largest absolute Gasteiger partial charge is 0.493 e. The van der Waals surface area contributed by atoms with Gasteiger partial charge in [-0.25, -0.2) is 0 Å². The molecule has 6 nitrogen and oxygen atoms in total. The highest BCUT2D eigenvalue weighted by molar-refractivity contribution is 5.96. The topological polar surface area (TPSA) is 69.6 Å². The van der Waals surface area contributed by atoms with Gasteiger partial charge in [0.15, 0.2) is 22.7 Å². The highest BCUT2D eigenvalue weighted by Gasteiger charge is 2.13. The minimum Gasteiger partial charge on any atom is -0.493 e. The van der Waals surface area contributed by atoms with Gasteiger partial charge < -0.3 is 19.4 Å². The summed E-state index contributed by atoms with van der Waals surface area (Å²) in [5.41, 5.74) is 2.01. The fraction of sp³-hybridized carbons (Fsp3) is 0.368. The number of hydrogen-bond donors (Lipinski definition) is 1. The number of nitrogens with zero attached hydrogens (tertiary/aromatic N) is 1. The molecule has 0 aliphatic heterocycles. The lowest BCUT2D eigenvalue weighted by atomic mass is 10.1. The molecule has 1 aromatic heterocycles. The minimum absolute atomic E-state index is 0.0524. The molecule has 1 N–H and O–H groups in total. The fourth-order valence-corrected chi connectivity index (χ4v) is 2.60. The van der Waals surface area contributed by atoms with E-state index in [0.29, 0.717) is 30.2 Å². The number of aryl methyl sites for hydroxylation is 2. The molecule has 1 aromatic carbocycles. The monoisotopic (exact) mass is 344 g/mol. The number of methoxy groups -OCH3 is 1. The van der Waals surface area contributed by atoms with E-state index in [1.54, 1.807) is 25.3 Å². The van der Waals surface area contributed by atoms with Crippen LogP contribution in [-0.2, 0) is 6.54 Å². The third kappa shape index (κ3) is 4.70. The van der Waals surface area contributed by atoms with Crippen LogP contribution in [0.3, 0.4) is 0 Å². The van der Waals surface area contributed by atoms with Crippen LogP contribution in [0.2, 0.25) is 0 Å². The molecule has 134 valence electrons. The third-order valence-electron chi connectivity index (χ3n) is 3.95. The van der Waals surface area contributed by atoms with Gasteiger partial charge in [0.1, 0.15) is 6.61 Å². The first-order valence-electron chi connectivity index (χ1n) is 8.13. The maximum absolute atomic E-state index is 12.7. The molecule has 0 saturated carbocycles. The van der Waals surface area contributed by atoms with Crippen LogP contribution in [0.15, 0.2) is 35.1 Å². The van der Waals surface area contributed by atoms with E-state index in [1.807, 2.05) is 25.5 Å². The standard InChI is InChI=1S/C19H24N2O4/c1-13-9-16(22)10-14(2)21(13)12-17(23)15-5-6-18(24-4)19(11-15)25-8-7-20-3/h5-6,9-11,20H,7-8,12H2,1-4H3. The number of Topliss-reactive ketones (excluding diaryl/α,β-unsaturated/α-hetero) is 1. The van der Waals surface area contributed by atoms with Crippen LogP contribution in [0.1, 0.15) is 21.7 Å². The summed E-state index contributed by atoms with van der Waals surface area (Å²) in [5.74, 6) is 1.07. The Labute approximate surface area is 147 Å². The first-order chi connectivity index (χ1) is 12.0. The molecule has 1 heterocycles. The van der Waals surface area contributed by atoms with E-state index >= 15 is 0 Å². The van der Waals surface area contributed by atoms with Gasteiger partial charge in [-0.3, -0.25) is 9.59 Å². The summed E-state index contributed by atoms with van der Waals surface area (Å²) in [5, 5.41) is 3.00. The average Bonchev–Trinajstić information content (AvgIpc) is 2.58. The van der Waals surface area contributed by atoms with Gasteiger partial charge in [-0.1, -0.05) is 0 Å². The SMILES string of the molecule is CNCCOc1cc(C(=O)Cn2c(C)cc(=O)cc2C)ccc1OC. The van der Waals surface area contributed by atoms with Gasteiger partial charge in [-0.05, 0) is 39.1 Å². The minimum atomic E-state index is -0.0593. The Morgan fingerprint density at radius 2 is 1.80 bits per heavy atom. The van der Waals surface area contributed by atoms with Gasteiger partial charge in [-0.15, -0.1) is 0 Å². The molecular formula is C19H24N2O4. The molecule has 2 aromatic rings. The lowest BCUT2D eigenvalue weighted by Gasteiger charge is -2.15. The Morgan fingerprint density at radius 3 is 2.40 bits per heavy atom. The van der Waals surface area contributed by atoms with Crippen LogP contribution in [0, 0.1) is 13.8 Å². The number of aromatic nitrogens is 1. The Morgan fingerprint density at radius 1 is 1.12 bits per heavy atom. The number of likely N-dealkylation sites (N-methyl/N-ethyl adjacent to an activating group) is 1. The van der Waals surface area contributed by atoms with Crippen molar-refractivity contribution in [2.24, 2.45) is 0 Å². The molecule has 25 heavy (non-hydrogen) atoms. The van der Waals surface area contributed by atoms with E-state index in [4.69, 9.17) is 9.47 Å². The summed E-state index contributed by atoms with van der Waals surface area (Å²) < 4.78 is 12.8. The van der Waals surface area contributed by atoms with Crippen molar-refractivity contribution in [3.63, 3.8) is 0 Å². The predicted molar refractivity (Wildman–Crippen MR) is 96.9 cm³/mol. The van der Waals surface area contributed by atoms with Gasteiger partial charge in [0.2, 0.25) is 0 Å². The van der Waals surface area contributed by atoms with Crippen LogP contribution >= 0.6 is 0 Å². The molecular weight excluding hydrogens is 320 g/mol. The Hall–Kier alpha value is -2.60. The fourth-order valence-electron chi connectivity index (χ4n) is 2.60. The van der Waals surface area contributed by atoms with Crippen molar-refractivity contribution >= 4 is 5.78 Å². The quantitative estimate of drug-likeness (QED) is 0.585.